The Balaban J connectivity index is 1.79. The summed E-state index contributed by atoms with van der Waals surface area (Å²) in [5.41, 5.74) is 0. The summed E-state index contributed by atoms with van der Waals surface area (Å²) < 4.78 is 0. The third-order valence-electron chi connectivity index (χ3n) is 4.68. The molecule has 0 aromatic rings. The maximum atomic E-state index is 12.5. The summed E-state index contributed by atoms with van der Waals surface area (Å²) >= 11 is 0. The number of rotatable bonds is 7. The topological polar surface area (TPSA) is 38.8 Å². The SMILES string of the molecule is CCCCN(CC(=O)N1CCN(C)CC1)CC1CCCN1. The predicted molar refractivity (Wildman–Crippen MR) is 86.4 cm³/mol. The van der Waals surface area contributed by atoms with Crippen molar-refractivity contribution >= 4 is 5.91 Å². The summed E-state index contributed by atoms with van der Waals surface area (Å²) in [6.45, 7) is 9.82. The van der Waals surface area contributed by atoms with Gasteiger partial charge in [0.15, 0.2) is 0 Å². The summed E-state index contributed by atoms with van der Waals surface area (Å²) in [4.78, 5) is 19.2. The van der Waals surface area contributed by atoms with Crippen LogP contribution in [0.4, 0.5) is 0 Å². The number of carbonyl (C=O) groups excluding carboxylic acids is 1. The lowest BCUT2D eigenvalue weighted by atomic mass is 10.2. The van der Waals surface area contributed by atoms with E-state index in [0.717, 1.165) is 45.8 Å². The van der Waals surface area contributed by atoms with Gasteiger partial charge in [-0.3, -0.25) is 9.69 Å². The zero-order valence-electron chi connectivity index (χ0n) is 13.8. The molecule has 122 valence electrons. The second kappa shape index (κ2) is 8.71. The summed E-state index contributed by atoms with van der Waals surface area (Å²) in [5.74, 6) is 0.317. The van der Waals surface area contributed by atoms with Crippen molar-refractivity contribution in [3.8, 4) is 0 Å². The molecule has 2 saturated heterocycles. The number of amides is 1. The van der Waals surface area contributed by atoms with E-state index in [4.69, 9.17) is 0 Å². The van der Waals surface area contributed by atoms with Gasteiger partial charge in [-0.15, -0.1) is 0 Å². The van der Waals surface area contributed by atoms with Gasteiger partial charge in [-0.05, 0) is 39.4 Å². The molecule has 2 fully saturated rings. The fourth-order valence-electron chi connectivity index (χ4n) is 3.19. The van der Waals surface area contributed by atoms with Crippen LogP contribution in [-0.4, -0.2) is 86.1 Å². The summed E-state index contributed by atoms with van der Waals surface area (Å²) in [6.07, 6.45) is 4.91. The van der Waals surface area contributed by atoms with Gasteiger partial charge >= 0.3 is 0 Å². The first kappa shape index (κ1) is 16.7. The normalized spacial score (nSPS) is 24.0. The van der Waals surface area contributed by atoms with Crippen LogP contribution in [0.2, 0.25) is 0 Å². The van der Waals surface area contributed by atoms with E-state index < -0.39 is 0 Å². The molecule has 21 heavy (non-hydrogen) atoms. The maximum Gasteiger partial charge on any atom is 0.236 e. The van der Waals surface area contributed by atoms with E-state index in [9.17, 15) is 4.79 Å². The predicted octanol–water partition coefficient (Wildman–Crippen LogP) is 0.615. The first-order valence-electron chi connectivity index (χ1n) is 8.61. The van der Waals surface area contributed by atoms with E-state index in [0.29, 0.717) is 18.5 Å². The fraction of sp³-hybridized carbons (Fsp3) is 0.938. The minimum absolute atomic E-state index is 0.317. The molecule has 5 nitrogen and oxygen atoms in total. The molecule has 5 heteroatoms. The zero-order valence-corrected chi connectivity index (χ0v) is 13.8. The molecule has 0 bridgehead atoms. The highest BCUT2D eigenvalue weighted by Crippen LogP contribution is 2.09. The zero-order chi connectivity index (χ0) is 15.1. The second-order valence-corrected chi connectivity index (χ2v) is 6.57. The number of hydrogen-bond donors (Lipinski definition) is 1. The van der Waals surface area contributed by atoms with Gasteiger partial charge in [-0.25, -0.2) is 0 Å². The van der Waals surface area contributed by atoms with E-state index >= 15 is 0 Å². The number of nitrogens with zero attached hydrogens (tertiary/aromatic N) is 3. The molecule has 0 spiro atoms. The summed E-state index contributed by atoms with van der Waals surface area (Å²) in [7, 11) is 2.13. The number of unbranched alkanes of at least 4 members (excludes halogenated alkanes) is 1. The highest BCUT2D eigenvalue weighted by Gasteiger charge is 2.23. The molecule has 2 aliphatic heterocycles. The first-order chi connectivity index (χ1) is 10.2. The van der Waals surface area contributed by atoms with Gasteiger partial charge in [0, 0.05) is 38.8 Å². The lowest BCUT2D eigenvalue weighted by Crippen LogP contribution is -2.51. The van der Waals surface area contributed by atoms with Crippen LogP contribution >= 0.6 is 0 Å². The van der Waals surface area contributed by atoms with E-state index in [1.54, 1.807) is 0 Å². The Bertz CT molecular complexity index is 309. The highest BCUT2D eigenvalue weighted by atomic mass is 16.2. The van der Waals surface area contributed by atoms with Gasteiger partial charge in [0.2, 0.25) is 5.91 Å². The largest absolute Gasteiger partial charge is 0.339 e. The van der Waals surface area contributed by atoms with Crippen LogP contribution in [0.5, 0.6) is 0 Å². The Morgan fingerprint density at radius 2 is 2.05 bits per heavy atom. The van der Waals surface area contributed by atoms with Gasteiger partial charge in [0.25, 0.3) is 0 Å². The van der Waals surface area contributed by atoms with Crippen LogP contribution in [0.15, 0.2) is 0 Å². The lowest BCUT2D eigenvalue weighted by molar-refractivity contribution is -0.134. The average Bonchev–Trinajstić information content (AvgIpc) is 2.98. The van der Waals surface area contributed by atoms with Crippen LogP contribution in [-0.2, 0) is 4.79 Å². The molecule has 0 aromatic heterocycles. The summed E-state index contributed by atoms with van der Waals surface area (Å²) in [5, 5.41) is 3.55. The standard InChI is InChI=1S/C16H32N4O/c1-3-4-8-19(13-15-6-5-7-17-15)14-16(21)20-11-9-18(2)10-12-20/h15,17H,3-14H2,1-2H3. The maximum absolute atomic E-state index is 12.5. The summed E-state index contributed by atoms with van der Waals surface area (Å²) in [6, 6.07) is 0.585. The van der Waals surface area contributed by atoms with Crippen LogP contribution in [0.25, 0.3) is 0 Å². The number of piperazine rings is 1. The minimum atomic E-state index is 0.317. The Kier molecular flexibility index (Phi) is 6.93. The minimum Gasteiger partial charge on any atom is -0.339 e. The molecular formula is C16H32N4O. The van der Waals surface area contributed by atoms with E-state index in [2.05, 4.69) is 29.1 Å². The quantitative estimate of drug-likeness (QED) is 0.747. The first-order valence-corrected chi connectivity index (χ1v) is 8.61. The molecule has 1 unspecified atom stereocenters. The van der Waals surface area contributed by atoms with Crippen molar-refractivity contribution in [3.05, 3.63) is 0 Å². The van der Waals surface area contributed by atoms with E-state index in [-0.39, 0.29) is 0 Å². The Labute approximate surface area is 129 Å². The van der Waals surface area contributed by atoms with Crippen LogP contribution < -0.4 is 5.32 Å². The lowest BCUT2D eigenvalue weighted by Gasteiger charge is -2.34. The Hall–Kier alpha value is -0.650. The van der Waals surface area contributed by atoms with Crippen molar-refractivity contribution in [1.82, 2.24) is 20.0 Å². The Morgan fingerprint density at radius 1 is 1.29 bits per heavy atom. The van der Waals surface area contributed by atoms with Gasteiger partial charge in [-0.2, -0.15) is 0 Å². The van der Waals surface area contributed by atoms with Crippen molar-refractivity contribution < 1.29 is 4.79 Å². The molecule has 2 heterocycles. The third kappa shape index (κ3) is 5.57. The fourth-order valence-corrected chi connectivity index (χ4v) is 3.19. The van der Waals surface area contributed by atoms with Gasteiger partial charge in [-0.1, -0.05) is 13.3 Å². The smallest absolute Gasteiger partial charge is 0.236 e. The monoisotopic (exact) mass is 296 g/mol. The molecular weight excluding hydrogens is 264 g/mol. The average molecular weight is 296 g/mol. The van der Waals surface area contributed by atoms with E-state index in [1.807, 2.05) is 4.90 Å². The molecule has 2 aliphatic rings. The second-order valence-electron chi connectivity index (χ2n) is 6.57. The van der Waals surface area contributed by atoms with Crippen LogP contribution in [0.1, 0.15) is 32.6 Å². The molecule has 0 saturated carbocycles. The third-order valence-corrected chi connectivity index (χ3v) is 4.68. The van der Waals surface area contributed by atoms with Crippen molar-refractivity contribution in [2.45, 2.75) is 38.6 Å². The Morgan fingerprint density at radius 3 is 2.67 bits per heavy atom. The van der Waals surface area contributed by atoms with Gasteiger partial charge < -0.3 is 15.1 Å². The highest BCUT2D eigenvalue weighted by molar-refractivity contribution is 5.78. The molecule has 1 N–H and O–H groups in total. The molecule has 0 aromatic carbocycles. The van der Waals surface area contributed by atoms with Crippen molar-refractivity contribution in [2.24, 2.45) is 0 Å². The van der Waals surface area contributed by atoms with Gasteiger partial charge in [0.1, 0.15) is 0 Å². The molecule has 1 atom stereocenters. The molecule has 0 aliphatic carbocycles. The van der Waals surface area contributed by atoms with Gasteiger partial charge in [0.05, 0.1) is 6.54 Å². The molecule has 0 radical (unpaired) electrons. The van der Waals surface area contributed by atoms with Crippen molar-refractivity contribution in [1.29, 1.82) is 0 Å². The number of hydrogen-bond acceptors (Lipinski definition) is 4. The number of likely N-dealkylation sites (N-methyl/N-ethyl adjacent to an activating group) is 1. The van der Waals surface area contributed by atoms with Crippen molar-refractivity contribution in [3.63, 3.8) is 0 Å². The van der Waals surface area contributed by atoms with Crippen molar-refractivity contribution in [2.75, 3.05) is 59.4 Å². The number of nitrogens with one attached hydrogen (secondary N) is 1. The van der Waals surface area contributed by atoms with Crippen LogP contribution in [0, 0.1) is 0 Å². The van der Waals surface area contributed by atoms with E-state index in [1.165, 1.54) is 25.7 Å². The van der Waals surface area contributed by atoms with Crippen LogP contribution in [0.3, 0.4) is 0 Å². The molecule has 2 rings (SSSR count). The molecule has 1 amide bonds. The number of carbonyl (C=O) groups is 1.